The molecule has 1 rings (SSSR count). The van der Waals surface area contributed by atoms with Crippen molar-refractivity contribution in [2.24, 2.45) is 0 Å². The average molecular weight is 218 g/mol. The highest BCUT2D eigenvalue weighted by molar-refractivity contribution is 5.47. The molecule has 0 fully saturated rings. The lowest BCUT2D eigenvalue weighted by Crippen LogP contribution is -2.12. The number of aromatic hydroxyl groups is 1. The van der Waals surface area contributed by atoms with E-state index in [-0.39, 0.29) is 5.41 Å². The summed E-state index contributed by atoms with van der Waals surface area (Å²) in [4.78, 5) is 0. The number of phenols is 1. The molecular formula is C15H22O. The quantitative estimate of drug-likeness (QED) is 0.761. The molecule has 0 atom stereocenters. The van der Waals surface area contributed by atoms with E-state index in [0.29, 0.717) is 5.75 Å². The first kappa shape index (κ1) is 12.8. The Morgan fingerprint density at radius 1 is 1.31 bits per heavy atom. The Morgan fingerprint density at radius 2 is 1.94 bits per heavy atom. The zero-order chi connectivity index (χ0) is 12.3. The minimum atomic E-state index is -0.0226. The third-order valence-electron chi connectivity index (χ3n) is 2.83. The summed E-state index contributed by atoms with van der Waals surface area (Å²) in [5.74, 6) is 0.435. The van der Waals surface area contributed by atoms with Crippen molar-refractivity contribution in [1.29, 1.82) is 0 Å². The van der Waals surface area contributed by atoms with Crippen molar-refractivity contribution >= 4 is 0 Å². The number of aryl methyl sites for hydroxylation is 1. The Hall–Kier alpha value is -1.24. The Kier molecular flexibility index (Phi) is 3.79. The molecule has 1 N–H and O–H groups in total. The fraction of sp³-hybridized carbons (Fsp3) is 0.467. The van der Waals surface area contributed by atoms with Crippen molar-refractivity contribution in [3.8, 4) is 5.75 Å². The number of phenolic OH excluding ortho intramolecular Hbond substituents is 1. The molecule has 0 amide bonds. The van der Waals surface area contributed by atoms with Crippen molar-refractivity contribution in [2.45, 2.75) is 46.0 Å². The zero-order valence-corrected chi connectivity index (χ0v) is 10.8. The van der Waals surface area contributed by atoms with E-state index in [9.17, 15) is 5.11 Å². The van der Waals surface area contributed by atoms with Gasteiger partial charge in [0.05, 0.1) is 0 Å². The Bertz CT molecular complexity index is 383. The van der Waals surface area contributed by atoms with Crippen LogP contribution in [-0.2, 0) is 18.3 Å². The molecule has 0 saturated heterocycles. The molecule has 16 heavy (non-hydrogen) atoms. The maximum atomic E-state index is 10.2. The SMILES string of the molecule is C=CCc1cc(CC)cc(C(C)(C)C)c1O. The van der Waals surface area contributed by atoms with Crippen LogP contribution in [0.5, 0.6) is 5.75 Å². The van der Waals surface area contributed by atoms with E-state index in [1.165, 1.54) is 5.56 Å². The predicted octanol–water partition coefficient (Wildman–Crippen LogP) is 3.98. The van der Waals surface area contributed by atoms with Crippen LogP contribution in [0.4, 0.5) is 0 Å². The van der Waals surface area contributed by atoms with Crippen molar-refractivity contribution in [3.63, 3.8) is 0 Å². The molecule has 0 aromatic heterocycles. The number of allylic oxidation sites excluding steroid dienone is 1. The van der Waals surface area contributed by atoms with Crippen molar-refractivity contribution < 1.29 is 5.11 Å². The number of benzene rings is 1. The van der Waals surface area contributed by atoms with Crippen molar-refractivity contribution in [3.05, 3.63) is 41.5 Å². The summed E-state index contributed by atoms with van der Waals surface area (Å²) < 4.78 is 0. The van der Waals surface area contributed by atoms with Gasteiger partial charge in [-0.1, -0.05) is 45.9 Å². The molecule has 1 aromatic rings. The molecule has 0 heterocycles. The molecule has 0 bridgehead atoms. The largest absolute Gasteiger partial charge is 0.507 e. The average Bonchev–Trinajstić information content (AvgIpc) is 2.19. The molecule has 0 saturated carbocycles. The highest BCUT2D eigenvalue weighted by atomic mass is 16.3. The number of hydrogen-bond acceptors (Lipinski definition) is 1. The summed E-state index contributed by atoms with van der Waals surface area (Å²) in [6.07, 6.45) is 3.55. The van der Waals surface area contributed by atoms with Crippen LogP contribution < -0.4 is 0 Å². The van der Waals surface area contributed by atoms with Gasteiger partial charge >= 0.3 is 0 Å². The van der Waals surface area contributed by atoms with Gasteiger partial charge in [0.2, 0.25) is 0 Å². The molecular weight excluding hydrogens is 196 g/mol. The van der Waals surface area contributed by atoms with Crippen LogP contribution in [0.2, 0.25) is 0 Å². The summed E-state index contributed by atoms with van der Waals surface area (Å²) >= 11 is 0. The summed E-state index contributed by atoms with van der Waals surface area (Å²) in [6, 6.07) is 4.19. The summed E-state index contributed by atoms with van der Waals surface area (Å²) in [5, 5.41) is 10.2. The van der Waals surface area contributed by atoms with Gasteiger partial charge in [-0.2, -0.15) is 0 Å². The first-order chi connectivity index (χ1) is 7.40. The molecule has 0 aliphatic carbocycles. The summed E-state index contributed by atoms with van der Waals surface area (Å²) in [5.41, 5.74) is 3.27. The second-order valence-electron chi connectivity index (χ2n) is 5.25. The molecule has 88 valence electrons. The van der Waals surface area contributed by atoms with Crippen LogP contribution in [0, 0.1) is 0 Å². The Balaban J connectivity index is 3.37. The number of hydrogen-bond donors (Lipinski definition) is 1. The highest BCUT2D eigenvalue weighted by Crippen LogP contribution is 2.34. The van der Waals surface area contributed by atoms with Crippen LogP contribution >= 0.6 is 0 Å². The van der Waals surface area contributed by atoms with E-state index in [1.807, 2.05) is 6.08 Å². The molecule has 1 heteroatoms. The fourth-order valence-electron chi connectivity index (χ4n) is 1.85. The van der Waals surface area contributed by atoms with Gasteiger partial charge < -0.3 is 5.11 Å². The second kappa shape index (κ2) is 4.73. The summed E-state index contributed by atoms with van der Waals surface area (Å²) in [6.45, 7) is 12.2. The van der Waals surface area contributed by atoms with E-state index in [2.05, 4.69) is 46.4 Å². The molecule has 1 nitrogen and oxygen atoms in total. The van der Waals surface area contributed by atoms with Crippen LogP contribution in [0.3, 0.4) is 0 Å². The van der Waals surface area contributed by atoms with Gasteiger partial charge in [-0.3, -0.25) is 0 Å². The van der Waals surface area contributed by atoms with Gasteiger partial charge in [-0.15, -0.1) is 6.58 Å². The predicted molar refractivity (Wildman–Crippen MR) is 70.1 cm³/mol. The highest BCUT2D eigenvalue weighted by Gasteiger charge is 2.20. The van der Waals surface area contributed by atoms with Crippen molar-refractivity contribution in [1.82, 2.24) is 0 Å². The van der Waals surface area contributed by atoms with Crippen molar-refractivity contribution in [2.75, 3.05) is 0 Å². The first-order valence-electron chi connectivity index (χ1n) is 5.86. The Labute approximate surface area is 98.8 Å². The van der Waals surface area contributed by atoms with Gasteiger partial charge in [0.1, 0.15) is 5.75 Å². The van der Waals surface area contributed by atoms with E-state index >= 15 is 0 Å². The standard InChI is InChI=1S/C15H22O/c1-6-8-12-9-11(7-2)10-13(14(12)16)15(3,4)5/h6,9-10,16H,1,7-8H2,2-5H3. The van der Waals surface area contributed by atoms with Crippen LogP contribution in [0.15, 0.2) is 24.8 Å². The molecule has 0 spiro atoms. The fourth-order valence-corrected chi connectivity index (χ4v) is 1.85. The minimum Gasteiger partial charge on any atom is -0.507 e. The lowest BCUT2D eigenvalue weighted by Gasteiger charge is -2.23. The third-order valence-corrected chi connectivity index (χ3v) is 2.83. The van der Waals surface area contributed by atoms with E-state index in [0.717, 1.165) is 24.0 Å². The normalized spacial score (nSPS) is 11.5. The molecule has 0 radical (unpaired) electrons. The maximum Gasteiger partial charge on any atom is 0.122 e. The van der Waals surface area contributed by atoms with Gasteiger partial charge in [-0.25, -0.2) is 0 Å². The molecule has 0 aliphatic heterocycles. The lowest BCUT2D eigenvalue weighted by atomic mass is 9.83. The van der Waals surface area contributed by atoms with Gasteiger partial charge in [-0.05, 0) is 34.9 Å². The topological polar surface area (TPSA) is 20.2 Å². The molecule has 1 aromatic carbocycles. The minimum absolute atomic E-state index is 0.0226. The smallest absolute Gasteiger partial charge is 0.122 e. The van der Waals surface area contributed by atoms with E-state index in [1.54, 1.807) is 0 Å². The van der Waals surface area contributed by atoms with E-state index < -0.39 is 0 Å². The maximum absolute atomic E-state index is 10.2. The van der Waals surface area contributed by atoms with Gasteiger partial charge in [0, 0.05) is 0 Å². The first-order valence-corrected chi connectivity index (χ1v) is 5.86. The van der Waals surface area contributed by atoms with Gasteiger partial charge in [0.15, 0.2) is 0 Å². The van der Waals surface area contributed by atoms with Crippen LogP contribution in [-0.4, -0.2) is 5.11 Å². The zero-order valence-electron chi connectivity index (χ0n) is 10.8. The third kappa shape index (κ3) is 2.66. The van der Waals surface area contributed by atoms with Gasteiger partial charge in [0.25, 0.3) is 0 Å². The lowest BCUT2D eigenvalue weighted by molar-refractivity contribution is 0.441. The van der Waals surface area contributed by atoms with Crippen LogP contribution in [0.25, 0.3) is 0 Å². The number of rotatable bonds is 3. The Morgan fingerprint density at radius 3 is 2.38 bits per heavy atom. The monoisotopic (exact) mass is 218 g/mol. The molecule has 0 aliphatic rings. The second-order valence-corrected chi connectivity index (χ2v) is 5.25. The molecule has 0 unspecified atom stereocenters. The van der Waals surface area contributed by atoms with E-state index in [4.69, 9.17) is 0 Å². The van der Waals surface area contributed by atoms with Crippen LogP contribution in [0.1, 0.15) is 44.4 Å². The summed E-state index contributed by atoms with van der Waals surface area (Å²) in [7, 11) is 0.